The van der Waals surface area contributed by atoms with Gasteiger partial charge in [-0.2, -0.15) is 4.31 Å². The maximum atomic E-state index is 12.6. The minimum atomic E-state index is -3.80. The van der Waals surface area contributed by atoms with Gasteiger partial charge in [0.25, 0.3) is 10.0 Å². The number of aryl methyl sites for hydroxylation is 1. The molecular weight excluding hydrogens is 322 g/mol. The Bertz CT molecular complexity index is 606. The maximum absolute atomic E-state index is 12.6. The summed E-state index contributed by atoms with van der Waals surface area (Å²) in [6.07, 6.45) is 1.38. The Morgan fingerprint density at radius 3 is 2.70 bits per heavy atom. The highest BCUT2D eigenvalue weighted by Crippen LogP contribution is 2.35. The lowest BCUT2D eigenvalue weighted by atomic mass is 9.93. The summed E-state index contributed by atoms with van der Waals surface area (Å²) in [5, 5.41) is 9.32. The van der Waals surface area contributed by atoms with Crippen LogP contribution >= 0.6 is 22.9 Å². The summed E-state index contributed by atoms with van der Waals surface area (Å²) in [7, 11) is -3.80. The molecule has 1 N–H and O–H groups in total. The molecule has 0 aliphatic carbocycles. The predicted octanol–water partition coefficient (Wildman–Crippen LogP) is 2.58. The standard InChI is InChI=1S/C12H16ClNO4S2/c1-7-4-3-5-14(10(7)12(15)16)20(17,18)9-6-8(2)11(13)19-9/h6-7,10H,3-5H2,1-2H3,(H,15,16). The second-order valence-corrected chi connectivity index (χ2v) is 8.81. The number of sulfonamides is 1. The average Bonchev–Trinajstić information content (AvgIpc) is 2.69. The van der Waals surface area contributed by atoms with Crippen molar-refractivity contribution in [3.8, 4) is 0 Å². The first-order chi connectivity index (χ1) is 9.25. The van der Waals surface area contributed by atoms with Crippen LogP contribution in [0.2, 0.25) is 4.34 Å². The van der Waals surface area contributed by atoms with Gasteiger partial charge in [-0.15, -0.1) is 11.3 Å². The zero-order valence-corrected chi connectivity index (χ0v) is 13.6. The van der Waals surface area contributed by atoms with Crippen LogP contribution < -0.4 is 0 Å². The number of carbonyl (C=O) groups is 1. The van der Waals surface area contributed by atoms with Gasteiger partial charge in [0, 0.05) is 6.54 Å². The molecule has 2 unspecified atom stereocenters. The minimum absolute atomic E-state index is 0.111. The smallest absolute Gasteiger partial charge is 0.322 e. The molecule has 1 aromatic heterocycles. The van der Waals surface area contributed by atoms with Crippen LogP contribution in [-0.2, 0) is 14.8 Å². The van der Waals surface area contributed by atoms with Crippen LogP contribution in [0.25, 0.3) is 0 Å². The van der Waals surface area contributed by atoms with Crippen molar-refractivity contribution >= 4 is 38.9 Å². The lowest BCUT2D eigenvalue weighted by molar-refractivity contribution is -0.144. The molecule has 0 aromatic carbocycles. The first-order valence-corrected chi connectivity index (χ1v) is 8.89. The molecule has 2 atom stereocenters. The summed E-state index contributed by atoms with van der Waals surface area (Å²) in [5.41, 5.74) is 0.687. The number of hydrogen-bond acceptors (Lipinski definition) is 4. The van der Waals surface area contributed by atoms with E-state index >= 15 is 0 Å². The van der Waals surface area contributed by atoms with Gasteiger partial charge >= 0.3 is 5.97 Å². The van der Waals surface area contributed by atoms with E-state index < -0.39 is 22.0 Å². The molecule has 1 fully saturated rings. The number of nitrogens with zero attached hydrogens (tertiary/aromatic N) is 1. The number of piperidine rings is 1. The van der Waals surface area contributed by atoms with Crippen molar-refractivity contribution in [3.05, 3.63) is 16.0 Å². The molecule has 112 valence electrons. The normalized spacial score (nSPS) is 24.8. The molecule has 1 aliphatic rings. The van der Waals surface area contributed by atoms with E-state index in [4.69, 9.17) is 11.6 Å². The Balaban J connectivity index is 2.43. The van der Waals surface area contributed by atoms with Crippen LogP contribution in [0.1, 0.15) is 25.3 Å². The summed E-state index contributed by atoms with van der Waals surface area (Å²) in [6.45, 7) is 3.73. The Morgan fingerprint density at radius 2 is 2.20 bits per heavy atom. The van der Waals surface area contributed by atoms with Crippen LogP contribution in [0, 0.1) is 12.8 Å². The monoisotopic (exact) mass is 337 g/mol. The summed E-state index contributed by atoms with van der Waals surface area (Å²) >= 11 is 6.89. The van der Waals surface area contributed by atoms with E-state index in [2.05, 4.69) is 0 Å². The minimum Gasteiger partial charge on any atom is -0.480 e. The van der Waals surface area contributed by atoms with Gasteiger partial charge in [-0.3, -0.25) is 4.79 Å². The van der Waals surface area contributed by atoms with Gasteiger partial charge in [0.05, 0.1) is 4.34 Å². The summed E-state index contributed by atoms with van der Waals surface area (Å²) in [6, 6.07) is 0.496. The van der Waals surface area contributed by atoms with Crippen molar-refractivity contribution in [2.24, 2.45) is 5.92 Å². The summed E-state index contributed by atoms with van der Waals surface area (Å²) in [4.78, 5) is 11.4. The maximum Gasteiger partial charge on any atom is 0.322 e. The highest BCUT2D eigenvalue weighted by molar-refractivity contribution is 7.91. The van der Waals surface area contributed by atoms with E-state index in [1.165, 1.54) is 6.07 Å². The largest absolute Gasteiger partial charge is 0.480 e. The topological polar surface area (TPSA) is 74.7 Å². The van der Waals surface area contributed by atoms with E-state index in [9.17, 15) is 18.3 Å². The lowest BCUT2D eigenvalue weighted by Gasteiger charge is -2.35. The Kier molecular flexibility index (Phi) is 4.44. The molecule has 0 saturated carbocycles. The lowest BCUT2D eigenvalue weighted by Crippen LogP contribution is -2.51. The van der Waals surface area contributed by atoms with Gasteiger partial charge < -0.3 is 5.11 Å². The van der Waals surface area contributed by atoms with Gasteiger partial charge in [-0.05, 0) is 37.3 Å². The fourth-order valence-electron chi connectivity index (χ4n) is 2.46. The number of carboxylic acid groups (broad SMARTS) is 1. The number of rotatable bonds is 3. The molecular formula is C12H16ClNO4S2. The van der Waals surface area contributed by atoms with Crippen molar-refractivity contribution in [1.82, 2.24) is 4.31 Å². The Labute approximate surface area is 127 Å². The van der Waals surface area contributed by atoms with Crippen LogP contribution in [0.4, 0.5) is 0 Å². The van der Waals surface area contributed by atoms with Crippen molar-refractivity contribution in [2.75, 3.05) is 6.54 Å². The van der Waals surface area contributed by atoms with Gasteiger partial charge in [0.2, 0.25) is 0 Å². The summed E-state index contributed by atoms with van der Waals surface area (Å²) < 4.78 is 26.9. The molecule has 1 saturated heterocycles. The number of hydrogen-bond donors (Lipinski definition) is 1. The third-order valence-electron chi connectivity index (χ3n) is 3.54. The van der Waals surface area contributed by atoms with Crippen LogP contribution in [-0.4, -0.2) is 36.4 Å². The van der Waals surface area contributed by atoms with Crippen LogP contribution in [0.15, 0.2) is 10.3 Å². The number of carboxylic acids is 1. The third kappa shape index (κ3) is 2.72. The van der Waals surface area contributed by atoms with E-state index in [1.54, 1.807) is 13.8 Å². The predicted molar refractivity (Wildman–Crippen MR) is 77.8 cm³/mol. The molecule has 8 heteroatoms. The third-order valence-corrected chi connectivity index (χ3v) is 7.42. The van der Waals surface area contributed by atoms with Gasteiger partial charge in [-0.1, -0.05) is 18.5 Å². The van der Waals surface area contributed by atoms with E-state index in [-0.39, 0.29) is 16.7 Å². The van der Waals surface area contributed by atoms with Crippen molar-refractivity contribution in [3.63, 3.8) is 0 Å². The first kappa shape index (κ1) is 15.8. The zero-order valence-electron chi connectivity index (χ0n) is 11.2. The molecule has 5 nitrogen and oxygen atoms in total. The SMILES string of the molecule is Cc1cc(S(=O)(=O)N2CCCC(C)C2C(=O)O)sc1Cl. The van der Waals surface area contributed by atoms with Crippen molar-refractivity contribution < 1.29 is 18.3 Å². The molecule has 20 heavy (non-hydrogen) atoms. The first-order valence-electron chi connectivity index (χ1n) is 6.25. The van der Waals surface area contributed by atoms with E-state index in [1.807, 2.05) is 0 Å². The van der Waals surface area contributed by atoms with E-state index in [0.29, 0.717) is 22.7 Å². The second kappa shape index (κ2) is 5.63. The van der Waals surface area contributed by atoms with Gasteiger partial charge in [0.15, 0.2) is 0 Å². The average molecular weight is 338 g/mol. The van der Waals surface area contributed by atoms with Crippen molar-refractivity contribution in [1.29, 1.82) is 0 Å². The number of thiophene rings is 1. The molecule has 2 rings (SSSR count). The fourth-order valence-corrected chi connectivity index (χ4v) is 6.02. The molecule has 2 heterocycles. The van der Waals surface area contributed by atoms with Gasteiger partial charge in [-0.25, -0.2) is 8.42 Å². The molecule has 0 spiro atoms. The quantitative estimate of drug-likeness (QED) is 0.919. The van der Waals surface area contributed by atoms with Crippen LogP contribution in [0.5, 0.6) is 0 Å². The van der Waals surface area contributed by atoms with Crippen molar-refractivity contribution in [2.45, 2.75) is 36.9 Å². The van der Waals surface area contributed by atoms with Crippen LogP contribution in [0.3, 0.4) is 0 Å². The Hall–Kier alpha value is -0.630. The number of halogens is 1. The second-order valence-electron chi connectivity index (χ2n) is 5.04. The Morgan fingerprint density at radius 1 is 1.55 bits per heavy atom. The molecule has 1 aliphatic heterocycles. The summed E-state index contributed by atoms with van der Waals surface area (Å²) in [5.74, 6) is -1.30. The fraction of sp³-hybridized carbons (Fsp3) is 0.583. The molecule has 1 aromatic rings. The van der Waals surface area contributed by atoms with E-state index in [0.717, 1.165) is 15.6 Å². The van der Waals surface area contributed by atoms with Gasteiger partial charge in [0.1, 0.15) is 10.3 Å². The molecule has 0 bridgehead atoms. The molecule has 0 amide bonds. The zero-order chi connectivity index (χ0) is 15.1. The molecule has 0 radical (unpaired) electrons. The highest BCUT2D eigenvalue weighted by Gasteiger charge is 2.42. The highest BCUT2D eigenvalue weighted by atomic mass is 35.5. The number of aliphatic carboxylic acids is 1.